The fraction of sp³-hybridized carbons (Fsp3) is 0.0333. The van der Waals surface area contributed by atoms with E-state index in [1.807, 2.05) is 6.20 Å². The maximum atomic E-state index is 5.39. The summed E-state index contributed by atoms with van der Waals surface area (Å²) in [5, 5.41) is 4.64. The first kappa shape index (κ1) is 33.8. The van der Waals surface area contributed by atoms with E-state index in [1.165, 1.54) is 83.1 Å². The van der Waals surface area contributed by atoms with Crippen molar-refractivity contribution >= 4 is 32.6 Å². The molecule has 11 aromatic rings. The normalized spacial score (nSPS) is 14.4. The highest BCUT2D eigenvalue weighted by atomic mass is 14.8. The number of benzene rings is 10. The maximum Gasteiger partial charge on any atom is 0.0979 e. The Kier molecular flexibility index (Phi) is 6.72. The second-order valence-corrected chi connectivity index (χ2v) is 17.1. The highest BCUT2D eigenvalue weighted by molar-refractivity contribution is 6.23. The Labute approximate surface area is 359 Å². The van der Waals surface area contributed by atoms with Gasteiger partial charge in [0.05, 0.1) is 33.8 Å². The molecule has 2 nitrogen and oxygen atoms in total. The molecule has 0 N–H and O–H groups in total. The molecule has 0 fully saturated rings. The standard InChI is InChI=1S/C60H36N2/c1-3-24-46-40(18-1)41-19-2-4-25-47(41)58-57(46)61-36-56(62-58)39-17-15-16-37(34-39)38-32-33-54-55(35-38)60(50-28-11-7-22-44(50)45-23-8-12-29-51(45)60)53-31-14-13-30-52(53)59(54)48-26-9-5-20-42(48)43-21-6-10-27-49(43)59/h1-36H. The molecule has 62 heavy (non-hydrogen) atoms. The van der Waals surface area contributed by atoms with Crippen LogP contribution in [0.1, 0.15) is 44.5 Å². The predicted molar refractivity (Wildman–Crippen MR) is 254 cm³/mol. The molecular formula is C60H36N2. The Balaban J connectivity index is 1.04. The summed E-state index contributed by atoms with van der Waals surface area (Å²) in [6.45, 7) is 0. The fourth-order valence-electron chi connectivity index (χ4n) is 12.0. The van der Waals surface area contributed by atoms with Gasteiger partial charge in [0, 0.05) is 16.3 Å². The van der Waals surface area contributed by atoms with Crippen LogP contribution in [-0.4, -0.2) is 9.97 Å². The first-order valence-electron chi connectivity index (χ1n) is 21.6. The van der Waals surface area contributed by atoms with Gasteiger partial charge in [0.25, 0.3) is 0 Å². The van der Waals surface area contributed by atoms with E-state index in [-0.39, 0.29) is 0 Å². The average Bonchev–Trinajstić information content (AvgIpc) is 3.82. The zero-order chi connectivity index (χ0) is 40.6. The van der Waals surface area contributed by atoms with E-state index >= 15 is 0 Å². The van der Waals surface area contributed by atoms with Gasteiger partial charge in [0.1, 0.15) is 0 Å². The summed E-state index contributed by atoms with van der Waals surface area (Å²) in [5.41, 5.74) is 20.9. The molecule has 1 heterocycles. The fourth-order valence-corrected chi connectivity index (χ4v) is 12.0. The van der Waals surface area contributed by atoms with Crippen molar-refractivity contribution in [2.24, 2.45) is 0 Å². The molecule has 14 rings (SSSR count). The summed E-state index contributed by atoms with van der Waals surface area (Å²) in [7, 11) is 0. The molecule has 0 unspecified atom stereocenters. The Hall–Kier alpha value is -7.94. The molecule has 0 aliphatic heterocycles. The van der Waals surface area contributed by atoms with E-state index in [4.69, 9.17) is 9.97 Å². The molecule has 0 radical (unpaired) electrons. The number of fused-ring (bicyclic) bond motifs is 22. The van der Waals surface area contributed by atoms with E-state index < -0.39 is 10.8 Å². The van der Waals surface area contributed by atoms with E-state index in [2.05, 4.69) is 212 Å². The zero-order valence-corrected chi connectivity index (χ0v) is 33.7. The van der Waals surface area contributed by atoms with Crippen LogP contribution in [0.2, 0.25) is 0 Å². The Morgan fingerprint density at radius 1 is 0.274 bits per heavy atom. The van der Waals surface area contributed by atoms with Gasteiger partial charge < -0.3 is 0 Å². The first-order valence-corrected chi connectivity index (χ1v) is 21.6. The van der Waals surface area contributed by atoms with Crippen LogP contribution in [0, 0.1) is 0 Å². The average molecular weight is 785 g/mol. The third-order valence-corrected chi connectivity index (χ3v) is 14.4. The molecule has 10 aromatic carbocycles. The highest BCUT2D eigenvalue weighted by Crippen LogP contribution is 2.67. The first-order chi connectivity index (χ1) is 30.8. The lowest BCUT2D eigenvalue weighted by molar-refractivity contribution is 0.633. The van der Waals surface area contributed by atoms with E-state index in [1.54, 1.807) is 0 Å². The smallest absolute Gasteiger partial charge is 0.0979 e. The largest absolute Gasteiger partial charge is 0.252 e. The molecule has 0 bridgehead atoms. The molecule has 0 saturated heterocycles. The third-order valence-electron chi connectivity index (χ3n) is 14.4. The molecule has 0 atom stereocenters. The summed E-state index contributed by atoms with van der Waals surface area (Å²) in [6, 6.07) is 79.1. The van der Waals surface area contributed by atoms with Gasteiger partial charge in [-0.05, 0) is 101 Å². The molecular weight excluding hydrogens is 749 g/mol. The van der Waals surface area contributed by atoms with Gasteiger partial charge in [-0.25, -0.2) is 4.98 Å². The second kappa shape index (κ2) is 12.3. The lowest BCUT2D eigenvalue weighted by atomic mass is 9.52. The third kappa shape index (κ3) is 4.14. The molecule has 3 aliphatic rings. The van der Waals surface area contributed by atoms with Crippen LogP contribution < -0.4 is 0 Å². The van der Waals surface area contributed by atoms with Crippen molar-refractivity contribution < 1.29 is 0 Å². The van der Waals surface area contributed by atoms with Crippen LogP contribution in [0.5, 0.6) is 0 Å². The second-order valence-electron chi connectivity index (χ2n) is 17.1. The summed E-state index contributed by atoms with van der Waals surface area (Å²) >= 11 is 0. The topological polar surface area (TPSA) is 25.8 Å². The van der Waals surface area contributed by atoms with Gasteiger partial charge in [-0.2, -0.15) is 0 Å². The van der Waals surface area contributed by atoms with Crippen molar-refractivity contribution in [3.05, 3.63) is 263 Å². The molecule has 2 heteroatoms. The summed E-state index contributed by atoms with van der Waals surface area (Å²) in [6.07, 6.45) is 1.95. The monoisotopic (exact) mass is 784 g/mol. The number of nitrogens with zero attached hydrogens (tertiary/aromatic N) is 2. The predicted octanol–water partition coefficient (Wildman–Crippen LogP) is 14.3. The number of hydrogen-bond acceptors (Lipinski definition) is 2. The SMILES string of the molecule is c1cc(-c2ccc3c(c2)C2(c4ccccc4-c4ccccc42)c2ccccc2C32c3ccccc3-c3ccccc32)cc(-c2cnc3c4ccccc4c4ccccc4c3n2)c1. The van der Waals surface area contributed by atoms with Gasteiger partial charge in [-0.15, -0.1) is 0 Å². The minimum Gasteiger partial charge on any atom is -0.252 e. The minimum atomic E-state index is -0.544. The van der Waals surface area contributed by atoms with Crippen LogP contribution in [0.3, 0.4) is 0 Å². The van der Waals surface area contributed by atoms with Crippen LogP contribution >= 0.6 is 0 Å². The van der Waals surface area contributed by atoms with Gasteiger partial charge in [-0.1, -0.05) is 200 Å². The van der Waals surface area contributed by atoms with Gasteiger partial charge in [0.15, 0.2) is 0 Å². The Bertz CT molecular complexity index is 3600. The van der Waals surface area contributed by atoms with Crippen LogP contribution in [-0.2, 0) is 10.8 Å². The van der Waals surface area contributed by atoms with Crippen molar-refractivity contribution in [1.82, 2.24) is 9.97 Å². The van der Waals surface area contributed by atoms with Gasteiger partial charge >= 0.3 is 0 Å². The zero-order valence-electron chi connectivity index (χ0n) is 33.7. The number of hydrogen-bond donors (Lipinski definition) is 0. The Morgan fingerprint density at radius 3 is 1.23 bits per heavy atom. The maximum absolute atomic E-state index is 5.39. The number of rotatable bonds is 2. The van der Waals surface area contributed by atoms with E-state index in [9.17, 15) is 0 Å². The molecule has 286 valence electrons. The van der Waals surface area contributed by atoms with Gasteiger partial charge in [-0.3, -0.25) is 4.98 Å². The molecule has 3 aliphatic carbocycles. The lowest BCUT2D eigenvalue weighted by Gasteiger charge is -2.49. The van der Waals surface area contributed by atoms with Crippen molar-refractivity contribution in [2.45, 2.75) is 10.8 Å². The minimum absolute atomic E-state index is 0.509. The van der Waals surface area contributed by atoms with Gasteiger partial charge in [0.2, 0.25) is 0 Å². The van der Waals surface area contributed by atoms with E-state index in [0.29, 0.717) is 0 Å². The highest BCUT2D eigenvalue weighted by Gasteiger charge is 2.58. The summed E-state index contributed by atoms with van der Waals surface area (Å²) < 4.78 is 0. The molecule has 0 amide bonds. The van der Waals surface area contributed by atoms with Crippen LogP contribution in [0.25, 0.3) is 77.2 Å². The lowest BCUT2D eigenvalue weighted by Crippen LogP contribution is -2.43. The molecule has 1 aromatic heterocycles. The van der Waals surface area contributed by atoms with Crippen LogP contribution in [0.4, 0.5) is 0 Å². The van der Waals surface area contributed by atoms with Crippen LogP contribution in [0.15, 0.2) is 219 Å². The molecule has 2 spiro atoms. The quantitative estimate of drug-likeness (QED) is 0.163. The summed E-state index contributed by atoms with van der Waals surface area (Å²) in [4.78, 5) is 10.5. The van der Waals surface area contributed by atoms with Crippen molar-refractivity contribution in [3.8, 4) is 44.6 Å². The van der Waals surface area contributed by atoms with E-state index in [0.717, 1.165) is 38.6 Å². The summed E-state index contributed by atoms with van der Waals surface area (Å²) in [5.74, 6) is 0. The molecule has 0 saturated carbocycles. The number of aromatic nitrogens is 2. The van der Waals surface area contributed by atoms with Crippen molar-refractivity contribution in [3.63, 3.8) is 0 Å². The van der Waals surface area contributed by atoms with Crippen molar-refractivity contribution in [1.29, 1.82) is 0 Å². The Morgan fingerprint density at radius 2 is 0.677 bits per heavy atom. The van der Waals surface area contributed by atoms with Crippen molar-refractivity contribution in [2.75, 3.05) is 0 Å².